The van der Waals surface area contributed by atoms with Crippen LogP contribution in [0, 0.1) is 18.6 Å². The first-order valence-corrected chi connectivity index (χ1v) is 8.47. The summed E-state index contributed by atoms with van der Waals surface area (Å²) >= 11 is 4.63. The first-order chi connectivity index (χ1) is 10.0. The van der Waals surface area contributed by atoms with Gasteiger partial charge in [-0.15, -0.1) is 11.3 Å². The minimum absolute atomic E-state index is 0.103. The maximum absolute atomic E-state index is 14.2. The lowest BCUT2D eigenvalue weighted by molar-refractivity contribution is 0.491. The van der Waals surface area contributed by atoms with E-state index in [1.807, 2.05) is 6.92 Å². The fraction of sp³-hybridized carbons (Fsp3) is 0.400. The van der Waals surface area contributed by atoms with Crippen molar-refractivity contribution in [1.29, 1.82) is 0 Å². The third-order valence-corrected chi connectivity index (χ3v) is 4.94. The fourth-order valence-corrected chi connectivity index (χ4v) is 3.43. The first-order valence-electron chi connectivity index (χ1n) is 6.80. The van der Waals surface area contributed by atoms with Gasteiger partial charge in [0, 0.05) is 16.5 Å². The minimum atomic E-state index is -0.527. The molecule has 0 fully saturated rings. The van der Waals surface area contributed by atoms with E-state index in [0.717, 1.165) is 23.5 Å². The van der Waals surface area contributed by atoms with Gasteiger partial charge in [0.2, 0.25) is 0 Å². The van der Waals surface area contributed by atoms with E-state index < -0.39 is 11.6 Å². The van der Waals surface area contributed by atoms with E-state index in [1.54, 1.807) is 5.51 Å². The summed E-state index contributed by atoms with van der Waals surface area (Å²) in [6.07, 6.45) is 1.22. The second kappa shape index (κ2) is 7.42. The molecule has 1 heterocycles. The van der Waals surface area contributed by atoms with Crippen LogP contribution >= 0.6 is 27.3 Å². The molecule has 0 amide bonds. The summed E-state index contributed by atoms with van der Waals surface area (Å²) in [5.41, 5.74) is 2.77. The summed E-state index contributed by atoms with van der Waals surface area (Å²) in [4.78, 5) is 5.26. The van der Waals surface area contributed by atoms with Gasteiger partial charge in [-0.2, -0.15) is 0 Å². The second-order valence-electron chi connectivity index (χ2n) is 4.83. The van der Waals surface area contributed by atoms with Gasteiger partial charge in [-0.25, -0.2) is 13.8 Å². The molecule has 114 valence electrons. The first kappa shape index (κ1) is 16.5. The molecule has 0 aliphatic heterocycles. The zero-order valence-corrected chi connectivity index (χ0v) is 14.3. The summed E-state index contributed by atoms with van der Waals surface area (Å²) in [5.74, 6) is -1.04. The molecule has 1 atom stereocenters. The Morgan fingerprint density at radius 2 is 2.14 bits per heavy atom. The van der Waals surface area contributed by atoms with Crippen molar-refractivity contribution in [1.82, 2.24) is 10.3 Å². The fourth-order valence-electron chi connectivity index (χ4n) is 2.18. The van der Waals surface area contributed by atoms with E-state index in [4.69, 9.17) is 0 Å². The smallest absolute Gasteiger partial charge is 0.143 e. The Hall–Kier alpha value is -0.850. The number of rotatable bonds is 6. The van der Waals surface area contributed by atoms with Crippen LogP contribution in [0.15, 0.2) is 22.1 Å². The number of hydrogen-bond acceptors (Lipinski definition) is 3. The van der Waals surface area contributed by atoms with Crippen molar-refractivity contribution in [2.24, 2.45) is 0 Å². The second-order valence-corrected chi connectivity index (χ2v) is 6.58. The van der Waals surface area contributed by atoms with Crippen molar-refractivity contribution in [2.75, 3.05) is 6.54 Å². The van der Waals surface area contributed by atoms with Crippen LogP contribution in [0.1, 0.15) is 35.5 Å². The Labute approximate surface area is 135 Å². The zero-order valence-electron chi connectivity index (χ0n) is 11.9. The Morgan fingerprint density at radius 1 is 1.38 bits per heavy atom. The molecule has 1 aromatic carbocycles. The number of hydrogen-bond donors (Lipinski definition) is 1. The molecule has 2 aromatic rings. The molecule has 21 heavy (non-hydrogen) atoms. The molecule has 1 N–H and O–H groups in total. The number of nitrogens with zero attached hydrogens (tertiary/aromatic N) is 1. The number of benzene rings is 1. The summed E-state index contributed by atoms with van der Waals surface area (Å²) in [6.45, 7) is 4.77. The highest BCUT2D eigenvalue weighted by Gasteiger charge is 2.21. The van der Waals surface area contributed by atoms with Gasteiger partial charge in [0.25, 0.3) is 0 Å². The van der Waals surface area contributed by atoms with Crippen LogP contribution < -0.4 is 5.32 Å². The van der Waals surface area contributed by atoms with E-state index in [0.29, 0.717) is 0 Å². The average molecular weight is 375 g/mol. The third-order valence-electron chi connectivity index (χ3n) is 3.29. The maximum Gasteiger partial charge on any atom is 0.143 e. The lowest BCUT2D eigenvalue weighted by Crippen LogP contribution is -2.24. The van der Waals surface area contributed by atoms with Crippen molar-refractivity contribution in [2.45, 2.75) is 32.7 Å². The van der Waals surface area contributed by atoms with Gasteiger partial charge < -0.3 is 5.32 Å². The zero-order chi connectivity index (χ0) is 15.4. The SMILES string of the molecule is CCCNC(Cc1c(F)ccc(Br)c1F)c1scnc1C. The molecule has 0 saturated carbocycles. The Bertz CT molecular complexity index is 616. The van der Waals surface area contributed by atoms with E-state index in [2.05, 4.69) is 33.2 Å². The van der Waals surface area contributed by atoms with Crippen molar-refractivity contribution in [3.05, 3.63) is 49.9 Å². The lowest BCUT2D eigenvalue weighted by atomic mass is 10.0. The maximum atomic E-state index is 14.2. The highest BCUT2D eigenvalue weighted by molar-refractivity contribution is 9.10. The molecule has 0 aliphatic carbocycles. The Morgan fingerprint density at radius 3 is 2.76 bits per heavy atom. The van der Waals surface area contributed by atoms with E-state index in [9.17, 15) is 8.78 Å². The van der Waals surface area contributed by atoms with Crippen LogP contribution in [0.3, 0.4) is 0 Å². The molecule has 0 saturated heterocycles. The number of aryl methyl sites for hydroxylation is 1. The van der Waals surface area contributed by atoms with Crippen LogP contribution in [-0.4, -0.2) is 11.5 Å². The van der Waals surface area contributed by atoms with Crippen LogP contribution in [0.25, 0.3) is 0 Å². The summed E-state index contributed by atoms with van der Waals surface area (Å²) < 4.78 is 28.4. The molecule has 2 nitrogen and oxygen atoms in total. The minimum Gasteiger partial charge on any atom is -0.309 e. The van der Waals surface area contributed by atoms with Gasteiger partial charge in [0.1, 0.15) is 11.6 Å². The number of halogens is 3. The van der Waals surface area contributed by atoms with Crippen LogP contribution in [0.4, 0.5) is 8.78 Å². The van der Waals surface area contributed by atoms with E-state index in [-0.39, 0.29) is 22.5 Å². The molecular weight excluding hydrogens is 358 g/mol. The monoisotopic (exact) mass is 374 g/mol. The van der Waals surface area contributed by atoms with E-state index >= 15 is 0 Å². The Balaban J connectivity index is 2.32. The molecule has 0 spiro atoms. The van der Waals surface area contributed by atoms with Crippen LogP contribution in [-0.2, 0) is 6.42 Å². The summed E-state index contributed by atoms with van der Waals surface area (Å²) in [5, 5.41) is 3.36. The topological polar surface area (TPSA) is 24.9 Å². The van der Waals surface area contributed by atoms with Gasteiger partial charge in [0.15, 0.2) is 0 Å². The molecule has 1 unspecified atom stereocenters. The molecule has 6 heteroatoms. The molecule has 0 radical (unpaired) electrons. The normalized spacial score (nSPS) is 12.6. The van der Waals surface area contributed by atoms with Gasteiger partial charge in [-0.3, -0.25) is 0 Å². The van der Waals surface area contributed by atoms with Crippen LogP contribution in [0.2, 0.25) is 0 Å². The Kier molecular flexibility index (Phi) is 5.84. The number of aromatic nitrogens is 1. The van der Waals surface area contributed by atoms with Gasteiger partial charge in [0.05, 0.1) is 15.7 Å². The quantitative estimate of drug-likeness (QED) is 0.736. The van der Waals surface area contributed by atoms with Gasteiger partial charge in [-0.1, -0.05) is 6.92 Å². The molecular formula is C15H17BrF2N2S. The number of thiazole rings is 1. The predicted octanol–water partition coefficient (Wildman–Crippen LogP) is 4.78. The number of nitrogens with one attached hydrogen (secondary N) is 1. The summed E-state index contributed by atoms with van der Waals surface area (Å²) in [6, 6.07) is 2.55. The highest BCUT2D eigenvalue weighted by atomic mass is 79.9. The van der Waals surface area contributed by atoms with Crippen molar-refractivity contribution in [3.63, 3.8) is 0 Å². The molecule has 0 bridgehead atoms. The predicted molar refractivity (Wildman–Crippen MR) is 85.6 cm³/mol. The largest absolute Gasteiger partial charge is 0.309 e. The molecule has 0 aliphatic rings. The van der Waals surface area contributed by atoms with Gasteiger partial charge in [-0.05, 0) is 54.4 Å². The molecule has 2 rings (SSSR count). The van der Waals surface area contributed by atoms with Crippen molar-refractivity contribution < 1.29 is 8.78 Å². The van der Waals surface area contributed by atoms with E-state index in [1.165, 1.54) is 23.5 Å². The van der Waals surface area contributed by atoms with Crippen LogP contribution in [0.5, 0.6) is 0 Å². The summed E-state index contributed by atoms with van der Waals surface area (Å²) in [7, 11) is 0. The van der Waals surface area contributed by atoms with Crippen molar-refractivity contribution in [3.8, 4) is 0 Å². The standard InChI is InChI=1S/C15H17BrF2N2S/c1-3-6-19-13(15-9(2)20-8-21-15)7-10-12(17)5-4-11(16)14(10)18/h4-5,8,13,19H,3,6-7H2,1-2H3. The van der Waals surface area contributed by atoms with Gasteiger partial charge >= 0.3 is 0 Å². The average Bonchev–Trinajstić information content (AvgIpc) is 2.89. The molecule has 1 aromatic heterocycles. The lowest BCUT2D eigenvalue weighted by Gasteiger charge is -2.19. The third kappa shape index (κ3) is 3.87. The highest BCUT2D eigenvalue weighted by Crippen LogP contribution is 2.29. The van der Waals surface area contributed by atoms with Crippen molar-refractivity contribution >= 4 is 27.3 Å².